The van der Waals surface area contributed by atoms with E-state index in [9.17, 15) is 4.79 Å². The average Bonchev–Trinajstić information content (AvgIpc) is 2.97. The molecule has 0 unspecified atom stereocenters. The van der Waals surface area contributed by atoms with Gasteiger partial charge in [0.05, 0.1) is 12.0 Å². The second kappa shape index (κ2) is 5.67. The number of para-hydroxylation sites is 1. The molecule has 2 aromatic rings. The lowest BCUT2D eigenvalue weighted by molar-refractivity contribution is -0.136. The lowest BCUT2D eigenvalue weighted by Crippen LogP contribution is -2.47. The van der Waals surface area contributed by atoms with Gasteiger partial charge in [0.1, 0.15) is 0 Å². The quantitative estimate of drug-likeness (QED) is 0.882. The molecule has 122 valence electrons. The Labute approximate surface area is 140 Å². The topological polar surface area (TPSA) is 59.9 Å². The van der Waals surface area contributed by atoms with E-state index in [-0.39, 0.29) is 6.23 Å². The van der Waals surface area contributed by atoms with Gasteiger partial charge in [0.2, 0.25) is 6.23 Å². The van der Waals surface area contributed by atoms with E-state index in [2.05, 4.69) is 28.7 Å². The van der Waals surface area contributed by atoms with Crippen molar-refractivity contribution < 1.29 is 14.4 Å². The monoisotopic (exact) mass is 322 g/mol. The van der Waals surface area contributed by atoms with E-state index in [0.717, 1.165) is 16.8 Å². The highest BCUT2D eigenvalue weighted by Crippen LogP contribution is 2.50. The standard InChI is InChI=1S/C19H18N2O3/c1-2-23-17(22)16-12-19(13-8-4-3-5-9-13)14-10-6-7-11-15(14)20-18(19)24-21-16/h3-11,18,20H,2,12H2,1H3/t18-,19+/m1/s1. The van der Waals surface area contributed by atoms with Crippen LogP contribution in [0.25, 0.3) is 0 Å². The molecule has 5 nitrogen and oxygen atoms in total. The molecular weight excluding hydrogens is 304 g/mol. The first-order valence-electron chi connectivity index (χ1n) is 8.07. The molecule has 0 aliphatic carbocycles. The highest BCUT2D eigenvalue weighted by molar-refractivity contribution is 6.36. The molecule has 2 aliphatic rings. The number of anilines is 1. The molecule has 2 aliphatic heterocycles. The summed E-state index contributed by atoms with van der Waals surface area (Å²) in [6.45, 7) is 2.10. The zero-order chi connectivity index (χ0) is 16.6. The number of hydrogen-bond acceptors (Lipinski definition) is 5. The normalized spacial score (nSPS) is 24.0. The number of fused-ring (bicyclic) bond motifs is 3. The van der Waals surface area contributed by atoms with E-state index < -0.39 is 11.4 Å². The van der Waals surface area contributed by atoms with E-state index >= 15 is 0 Å². The Morgan fingerprint density at radius 1 is 1.25 bits per heavy atom. The van der Waals surface area contributed by atoms with Gasteiger partial charge < -0.3 is 14.9 Å². The number of benzene rings is 2. The summed E-state index contributed by atoms with van der Waals surface area (Å²) in [6, 6.07) is 18.2. The molecule has 5 heteroatoms. The Balaban J connectivity index is 1.85. The number of nitrogens with zero attached hydrogens (tertiary/aromatic N) is 1. The van der Waals surface area contributed by atoms with Gasteiger partial charge in [-0.25, -0.2) is 4.79 Å². The van der Waals surface area contributed by atoms with Gasteiger partial charge in [0.25, 0.3) is 0 Å². The van der Waals surface area contributed by atoms with Crippen LogP contribution in [-0.2, 0) is 19.8 Å². The van der Waals surface area contributed by atoms with Crippen LogP contribution in [0.3, 0.4) is 0 Å². The fraction of sp³-hybridized carbons (Fsp3) is 0.263. The highest BCUT2D eigenvalue weighted by Gasteiger charge is 2.54. The molecular formula is C19H18N2O3. The summed E-state index contributed by atoms with van der Waals surface area (Å²) in [5.74, 6) is -0.421. The van der Waals surface area contributed by atoms with Gasteiger partial charge in [-0.15, -0.1) is 0 Å². The predicted octanol–water partition coefficient (Wildman–Crippen LogP) is 3.06. The SMILES string of the molecule is CCOC(=O)C1=NO[C@H]2Nc3ccccc3[C@@]2(c2ccccc2)C1. The largest absolute Gasteiger partial charge is 0.461 e. The van der Waals surface area contributed by atoms with E-state index in [1.807, 2.05) is 36.4 Å². The summed E-state index contributed by atoms with van der Waals surface area (Å²) in [7, 11) is 0. The number of nitrogens with one attached hydrogen (secondary N) is 1. The molecule has 0 saturated heterocycles. The van der Waals surface area contributed by atoms with Crippen molar-refractivity contribution in [2.24, 2.45) is 5.16 Å². The van der Waals surface area contributed by atoms with Crippen molar-refractivity contribution in [1.82, 2.24) is 0 Å². The molecule has 0 fully saturated rings. The Morgan fingerprint density at radius 3 is 2.79 bits per heavy atom. The van der Waals surface area contributed by atoms with Gasteiger partial charge in [-0.05, 0) is 24.1 Å². The molecule has 0 bridgehead atoms. The number of oxime groups is 1. The molecule has 0 amide bonds. The lowest BCUT2D eigenvalue weighted by Gasteiger charge is -2.37. The number of ether oxygens (including phenoxy) is 1. The summed E-state index contributed by atoms with van der Waals surface area (Å²) >= 11 is 0. The first kappa shape index (κ1) is 14.8. The minimum atomic E-state index is -0.498. The zero-order valence-electron chi connectivity index (χ0n) is 13.4. The van der Waals surface area contributed by atoms with Crippen LogP contribution >= 0.6 is 0 Å². The number of rotatable bonds is 3. The number of hydrogen-bond donors (Lipinski definition) is 1. The van der Waals surface area contributed by atoms with Gasteiger partial charge in [0.15, 0.2) is 5.71 Å². The van der Waals surface area contributed by atoms with Crippen LogP contribution in [-0.4, -0.2) is 24.5 Å². The molecule has 2 atom stereocenters. The summed E-state index contributed by atoms with van der Waals surface area (Å²) in [6.07, 6.45) is 0.0836. The van der Waals surface area contributed by atoms with Gasteiger partial charge in [-0.1, -0.05) is 53.7 Å². The first-order valence-corrected chi connectivity index (χ1v) is 8.07. The minimum absolute atomic E-state index is 0.314. The first-order chi connectivity index (χ1) is 11.8. The molecule has 0 spiro atoms. The summed E-state index contributed by atoms with van der Waals surface area (Å²) < 4.78 is 5.13. The van der Waals surface area contributed by atoms with Crippen molar-refractivity contribution in [2.45, 2.75) is 25.0 Å². The van der Waals surface area contributed by atoms with Gasteiger partial charge in [-0.3, -0.25) is 0 Å². The molecule has 24 heavy (non-hydrogen) atoms. The van der Waals surface area contributed by atoms with E-state index in [1.54, 1.807) is 6.92 Å². The van der Waals surface area contributed by atoms with E-state index in [4.69, 9.17) is 9.57 Å². The summed E-state index contributed by atoms with van der Waals surface area (Å²) in [5.41, 5.74) is 3.02. The molecule has 0 aromatic heterocycles. The average molecular weight is 322 g/mol. The Morgan fingerprint density at radius 2 is 2.00 bits per heavy atom. The highest BCUT2D eigenvalue weighted by atomic mass is 16.7. The summed E-state index contributed by atoms with van der Waals surface area (Å²) in [4.78, 5) is 17.9. The Hall–Kier alpha value is -2.82. The minimum Gasteiger partial charge on any atom is -0.461 e. The lowest BCUT2D eigenvalue weighted by atomic mass is 9.70. The van der Waals surface area contributed by atoms with E-state index in [1.165, 1.54) is 0 Å². The third-order valence-electron chi connectivity index (χ3n) is 4.66. The maximum Gasteiger partial charge on any atom is 0.356 e. The number of carbonyl (C=O) groups is 1. The zero-order valence-corrected chi connectivity index (χ0v) is 13.4. The van der Waals surface area contributed by atoms with Crippen molar-refractivity contribution in [2.75, 3.05) is 11.9 Å². The maximum absolute atomic E-state index is 12.2. The molecule has 2 aromatic carbocycles. The van der Waals surface area contributed by atoms with Crippen LogP contribution in [0.1, 0.15) is 24.5 Å². The van der Waals surface area contributed by atoms with Crippen LogP contribution < -0.4 is 5.32 Å². The van der Waals surface area contributed by atoms with Gasteiger partial charge in [-0.2, -0.15) is 0 Å². The van der Waals surface area contributed by atoms with Gasteiger partial charge in [0, 0.05) is 12.1 Å². The summed E-state index contributed by atoms with van der Waals surface area (Å²) in [5, 5.41) is 7.41. The molecule has 2 heterocycles. The Kier molecular flexibility index (Phi) is 3.49. The van der Waals surface area contributed by atoms with Crippen LogP contribution in [0.2, 0.25) is 0 Å². The van der Waals surface area contributed by atoms with Crippen molar-refractivity contribution in [3.05, 3.63) is 65.7 Å². The van der Waals surface area contributed by atoms with Gasteiger partial charge >= 0.3 is 5.97 Å². The van der Waals surface area contributed by atoms with Crippen molar-refractivity contribution in [1.29, 1.82) is 0 Å². The molecule has 0 radical (unpaired) electrons. The second-order valence-electron chi connectivity index (χ2n) is 5.95. The molecule has 0 saturated carbocycles. The predicted molar refractivity (Wildman–Crippen MR) is 90.8 cm³/mol. The smallest absolute Gasteiger partial charge is 0.356 e. The van der Waals surface area contributed by atoms with Crippen molar-refractivity contribution in [3.8, 4) is 0 Å². The Bertz CT molecular complexity index is 803. The number of esters is 1. The fourth-order valence-corrected chi connectivity index (χ4v) is 3.59. The van der Waals surface area contributed by atoms with Crippen LogP contribution in [0.5, 0.6) is 0 Å². The van der Waals surface area contributed by atoms with Crippen LogP contribution in [0.4, 0.5) is 5.69 Å². The second-order valence-corrected chi connectivity index (χ2v) is 5.95. The fourth-order valence-electron chi connectivity index (χ4n) is 3.59. The van der Waals surface area contributed by atoms with Crippen LogP contribution in [0.15, 0.2) is 59.8 Å². The number of carbonyl (C=O) groups excluding carboxylic acids is 1. The van der Waals surface area contributed by atoms with Crippen molar-refractivity contribution in [3.63, 3.8) is 0 Å². The molecule has 1 N–H and O–H groups in total. The maximum atomic E-state index is 12.2. The van der Waals surface area contributed by atoms with Crippen LogP contribution in [0, 0.1) is 0 Å². The van der Waals surface area contributed by atoms with Crippen molar-refractivity contribution >= 4 is 17.4 Å². The van der Waals surface area contributed by atoms with E-state index in [0.29, 0.717) is 18.7 Å². The third-order valence-corrected chi connectivity index (χ3v) is 4.66. The third kappa shape index (κ3) is 2.08. The molecule has 4 rings (SSSR count).